The Morgan fingerprint density at radius 3 is 2.78 bits per heavy atom. The minimum Gasteiger partial charge on any atom is -0.489 e. The van der Waals surface area contributed by atoms with E-state index < -0.39 is 0 Å². The van der Waals surface area contributed by atoms with Gasteiger partial charge >= 0.3 is 0 Å². The number of aromatic nitrogens is 3. The number of nitrogens with two attached hydrogens (primary N) is 1. The molecule has 0 aliphatic rings. The summed E-state index contributed by atoms with van der Waals surface area (Å²) in [5, 5.41) is 0. The summed E-state index contributed by atoms with van der Waals surface area (Å²) in [5.41, 5.74) is 4.37. The molecule has 7 heteroatoms. The predicted octanol–water partition coefficient (Wildman–Crippen LogP) is 1.27. The second-order valence-electron chi connectivity index (χ2n) is 4.05. The van der Waals surface area contributed by atoms with Crippen LogP contribution in [0.15, 0.2) is 24.7 Å². The molecule has 0 bridgehead atoms. The molecule has 0 aliphatic carbocycles. The summed E-state index contributed by atoms with van der Waals surface area (Å²) in [5.74, 6) is 6.28. The van der Waals surface area contributed by atoms with Crippen LogP contribution >= 0.6 is 11.7 Å². The van der Waals surface area contributed by atoms with E-state index in [1.807, 2.05) is 19.9 Å². The van der Waals surface area contributed by atoms with E-state index in [9.17, 15) is 0 Å². The maximum absolute atomic E-state index is 5.60. The Hall–Kier alpha value is -1.57. The van der Waals surface area contributed by atoms with Crippen molar-refractivity contribution in [3.8, 4) is 5.75 Å². The molecule has 0 aliphatic heterocycles. The highest BCUT2D eigenvalue weighted by Crippen LogP contribution is 2.22. The molecule has 3 N–H and O–H groups in total. The number of hydrogen-bond donors (Lipinski definition) is 2. The van der Waals surface area contributed by atoms with Crippen molar-refractivity contribution in [2.75, 3.05) is 0 Å². The first-order valence-electron chi connectivity index (χ1n) is 5.56. The van der Waals surface area contributed by atoms with Crippen molar-refractivity contribution < 1.29 is 4.74 Å². The first kappa shape index (κ1) is 12.9. The van der Waals surface area contributed by atoms with Gasteiger partial charge in [-0.2, -0.15) is 8.75 Å². The number of nitrogens with one attached hydrogen (secondary N) is 1. The third-order valence-electron chi connectivity index (χ3n) is 2.28. The summed E-state index contributed by atoms with van der Waals surface area (Å²) in [7, 11) is 0. The first-order valence-corrected chi connectivity index (χ1v) is 6.29. The van der Waals surface area contributed by atoms with Crippen molar-refractivity contribution in [3.05, 3.63) is 35.9 Å². The first-order chi connectivity index (χ1) is 8.70. The third kappa shape index (κ3) is 3.00. The lowest BCUT2D eigenvalue weighted by Gasteiger charge is -2.15. The average molecular weight is 265 g/mol. The molecule has 1 unspecified atom stereocenters. The zero-order valence-corrected chi connectivity index (χ0v) is 11.0. The molecule has 2 aromatic rings. The number of pyridine rings is 1. The predicted molar refractivity (Wildman–Crippen MR) is 69.1 cm³/mol. The van der Waals surface area contributed by atoms with Gasteiger partial charge in [0, 0.05) is 6.20 Å². The van der Waals surface area contributed by atoms with E-state index in [1.165, 1.54) is 0 Å². The van der Waals surface area contributed by atoms with Crippen molar-refractivity contribution >= 4 is 11.7 Å². The largest absolute Gasteiger partial charge is 0.489 e. The molecule has 0 spiro atoms. The Labute approximate surface area is 110 Å². The van der Waals surface area contributed by atoms with Crippen molar-refractivity contribution in [2.24, 2.45) is 5.84 Å². The van der Waals surface area contributed by atoms with Gasteiger partial charge in [-0.25, -0.2) is 5.43 Å². The summed E-state index contributed by atoms with van der Waals surface area (Å²) in [6.07, 6.45) is 5.20. The standard InChI is InChI=1S/C11H15N5OS/c1-7(2)17-9-3-8(4-13-5-9)11(15-12)10-6-14-18-16-10/h3-7,11,15H,12H2,1-2H3. The lowest BCUT2D eigenvalue weighted by Crippen LogP contribution is -2.29. The summed E-state index contributed by atoms with van der Waals surface area (Å²) in [6, 6.07) is 1.67. The van der Waals surface area contributed by atoms with Crippen LogP contribution in [0.2, 0.25) is 0 Å². The van der Waals surface area contributed by atoms with Crippen LogP contribution in [0, 0.1) is 0 Å². The lowest BCUT2D eigenvalue weighted by atomic mass is 10.1. The van der Waals surface area contributed by atoms with Crippen LogP contribution in [0.1, 0.15) is 31.1 Å². The Kier molecular flexibility index (Phi) is 4.19. The third-order valence-corrected chi connectivity index (χ3v) is 2.77. The molecule has 0 aromatic carbocycles. The summed E-state index contributed by atoms with van der Waals surface area (Å²) in [4.78, 5) is 4.15. The van der Waals surface area contributed by atoms with Crippen molar-refractivity contribution in [1.82, 2.24) is 19.2 Å². The fourth-order valence-corrected chi connectivity index (χ4v) is 2.03. The van der Waals surface area contributed by atoms with Crippen LogP contribution in [-0.2, 0) is 0 Å². The minimum absolute atomic E-state index is 0.104. The maximum atomic E-state index is 5.60. The molecule has 2 rings (SSSR count). The molecular weight excluding hydrogens is 250 g/mol. The number of ether oxygens (including phenoxy) is 1. The molecule has 6 nitrogen and oxygen atoms in total. The number of nitrogens with zero attached hydrogens (tertiary/aromatic N) is 3. The summed E-state index contributed by atoms with van der Waals surface area (Å²) >= 11 is 1.15. The Morgan fingerprint density at radius 1 is 1.33 bits per heavy atom. The molecule has 0 saturated heterocycles. The van der Waals surface area contributed by atoms with E-state index in [4.69, 9.17) is 10.6 Å². The number of hydrazine groups is 1. The maximum Gasteiger partial charge on any atom is 0.138 e. The Bertz CT molecular complexity index is 488. The van der Waals surface area contributed by atoms with E-state index in [2.05, 4.69) is 19.2 Å². The van der Waals surface area contributed by atoms with Gasteiger partial charge in [0.1, 0.15) is 5.75 Å². The Balaban J connectivity index is 2.26. The van der Waals surface area contributed by atoms with Gasteiger partial charge in [-0.3, -0.25) is 10.8 Å². The second-order valence-corrected chi connectivity index (χ2v) is 4.61. The van der Waals surface area contributed by atoms with E-state index >= 15 is 0 Å². The highest BCUT2D eigenvalue weighted by molar-refractivity contribution is 6.99. The molecule has 18 heavy (non-hydrogen) atoms. The highest BCUT2D eigenvalue weighted by Gasteiger charge is 2.16. The van der Waals surface area contributed by atoms with Gasteiger partial charge in [-0.15, -0.1) is 0 Å². The zero-order valence-electron chi connectivity index (χ0n) is 10.2. The normalized spacial score (nSPS) is 12.7. The summed E-state index contributed by atoms with van der Waals surface area (Å²) in [6.45, 7) is 3.94. The van der Waals surface area contributed by atoms with Gasteiger partial charge in [0.25, 0.3) is 0 Å². The quantitative estimate of drug-likeness (QED) is 0.625. The fourth-order valence-electron chi connectivity index (χ4n) is 1.58. The van der Waals surface area contributed by atoms with Gasteiger partial charge in [0.15, 0.2) is 0 Å². The van der Waals surface area contributed by atoms with Gasteiger partial charge in [0.2, 0.25) is 0 Å². The van der Waals surface area contributed by atoms with Crippen molar-refractivity contribution in [2.45, 2.75) is 26.0 Å². The molecule has 0 radical (unpaired) electrons. The molecule has 2 heterocycles. The van der Waals surface area contributed by atoms with E-state index in [1.54, 1.807) is 18.6 Å². The van der Waals surface area contributed by atoms with E-state index in [-0.39, 0.29) is 12.1 Å². The molecule has 0 amide bonds. The van der Waals surface area contributed by atoms with Crippen LogP contribution in [0.4, 0.5) is 0 Å². The van der Waals surface area contributed by atoms with Gasteiger partial charge in [0.05, 0.1) is 42.0 Å². The number of rotatable bonds is 5. The van der Waals surface area contributed by atoms with E-state index in [0.29, 0.717) is 5.75 Å². The smallest absolute Gasteiger partial charge is 0.138 e. The van der Waals surface area contributed by atoms with Crippen LogP contribution in [-0.4, -0.2) is 19.8 Å². The molecule has 96 valence electrons. The lowest BCUT2D eigenvalue weighted by molar-refractivity contribution is 0.241. The molecule has 2 aromatic heterocycles. The molecular formula is C11H15N5OS. The van der Waals surface area contributed by atoms with Crippen LogP contribution < -0.4 is 16.0 Å². The van der Waals surface area contributed by atoms with Gasteiger partial charge in [-0.05, 0) is 25.5 Å². The van der Waals surface area contributed by atoms with Crippen LogP contribution in [0.5, 0.6) is 5.75 Å². The topological polar surface area (TPSA) is 86.0 Å². The molecule has 1 atom stereocenters. The average Bonchev–Trinajstić information content (AvgIpc) is 2.83. The zero-order chi connectivity index (χ0) is 13.0. The number of hydrogen-bond acceptors (Lipinski definition) is 7. The Morgan fingerprint density at radius 2 is 2.17 bits per heavy atom. The van der Waals surface area contributed by atoms with Crippen LogP contribution in [0.3, 0.4) is 0 Å². The highest BCUT2D eigenvalue weighted by atomic mass is 32.1. The molecule has 0 fully saturated rings. The van der Waals surface area contributed by atoms with Gasteiger partial charge in [-0.1, -0.05) is 0 Å². The summed E-state index contributed by atoms with van der Waals surface area (Å²) < 4.78 is 13.7. The van der Waals surface area contributed by atoms with Gasteiger partial charge < -0.3 is 4.74 Å². The van der Waals surface area contributed by atoms with E-state index in [0.717, 1.165) is 23.0 Å². The van der Waals surface area contributed by atoms with Crippen molar-refractivity contribution in [1.29, 1.82) is 0 Å². The molecule has 0 saturated carbocycles. The van der Waals surface area contributed by atoms with Crippen LogP contribution in [0.25, 0.3) is 0 Å². The fraction of sp³-hybridized carbons (Fsp3) is 0.364. The SMILES string of the molecule is CC(C)Oc1cncc(C(NN)c2cnsn2)c1. The minimum atomic E-state index is -0.230. The van der Waals surface area contributed by atoms with Crippen molar-refractivity contribution in [3.63, 3.8) is 0 Å². The second kappa shape index (κ2) is 5.85. The monoisotopic (exact) mass is 265 g/mol.